The van der Waals surface area contributed by atoms with Crippen molar-refractivity contribution in [2.45, 2.75) is 0 Å². The van der Waals surface area contributed by atoms with Crippen molar-refractivity contribution in [3.05, 3.63) is 68.6 Å². The Morgan fingerprint density at radius 1 is 1.08 bits per heavy atom. The number of carbonyl (C=O) groups is 1. The predicted molar refractivity (Wildman–Crippen MR) is 111 cm³/mol. The van der Waals surface area contributed by atoms with Crippen molar-refractivity contribution in [1.29, 1.82) is 0 Å². The zero-order chi connectivity index (χ0) is 18.7. The van der Waals surface area contributed by atoms with Crippen LogP contribution in [0.4, 0.5) is 5.69 Å². The van der Waals surface area contributed by atoms with E-state index >= 15 is 0 Å². The molecule has 3 rings (SSSR count). The van der Waals surface area contributed by atoms with E-state index in [4.69, 9.17) is 22.4 Å². The van der Waals surface area contributed by atoms with Crippen LogP contribution in [-0.4, -0.2) is 11.0 Å². The molecule has 0 fully saturated rings. The van der Waals surface area contributed by atoms with Gasteiger partial charge in [0.1, 0.15) is 11.1 Å². The third-order valence-electron chi connectivity index (χ3n) is 3.32. The monoisotopic (exact) mass is 494 g/mol. The van der Waals surface area contributed by atoms with Crippen LogP contribution in [0.15, 0.2) is 67.0 Å². The topological polar surface area (TPSA) is 92.7 Å². The first-order valence-corrected chi connectivity index (χ1v) is 9.31. The molecule has 1 heterocycles. The van der Waals surface area contributed by atoms with Crippen LogP contribution in [0, 0.1) is 0 Å². The Balaban J connectivity index is 2.07. The summed E-state index contributed by atoms with van der Waals surface area (Å²) in [5.41, 5.74) is 9.38. The Kier molecular flexibility index (Phi) is 5.70. The first-order valence-electron chi connectivity index (χ1n) is 7.32. The second-order valence-electron chi connectivity index (χ2n) is 5.20. The van der Waals surface area contributed by atoms with Crippen LogP contribution in [0.25, 0.3) is 11.0 Å². The number of rotatable bonds is 3. The molecule has 9 heteroatoms. The Hall–Kier alpha value is -2.23. The molecule has 1 amide bonds. The summed E-state index contributed by atoms with van der Waals surface area (Å²) >= 11 is 11.5. The standard InChI is InChI=1S/C17H12Br2N4O2S/c18-10-1-4-12(5-2-10)21-15(24)13-8-9-7-11(19)3-6-14(9)25-16(13)22-23-17(20)26/h1-8H,(H,21,24)(H3,20,23,26)/b22-16-. The number of thiocarbonyl (C=S) groups is 1. The maximum absolute atomic E-state index is 12.7. The van der Waals surface area contributed by atoms with E-state index in [-0.39, 0.29) is 22.1 Å². The van der Waals surface area contributed by atoms with Gasteiger partial charge in [0.15, 0.2) is 5.11 Å². The van der Waals surface area contributed by atoms with Gasteiger partial charge in [0.25, 0.3) is 5.91 Å². The van der Waals surface area contributed by atoms with Crippen molar-refractivity contribution in [3.63, 3.8) is 0 Å². The van der Waals surface area contributed by atoms with Crippen molar-refractivity contribution >= 4 is 71.8 Å². The van der Waals surface area contributed by atoms with Gasteiger partial charge in [-0.1, -0.05) is 31.9 Å². The molecule has 4 N–H and O–H groups in total. The number of hydrogen-bond acceptors (Lipinski definition) is 4. The summed E-state index contributed by atoms with van der Waals surface area (Å²) in [4.78, 5) is 12.7. The van der Waals surface area contributed by atoms with Crippen LogP contribution in [0.2, 0.25) is 0 Å². The van der Waals surface area contributed by atoms with E-state index in [0.717, 1.165) is 14.3 Å². The van der Waals surface area contributed by atoms with Crippen LogP contribution < -0.4 is 22.0 Å². The van der Waals surface area contributed by atoms with Crippen LogP contribution in [-0.2, 0) is 0 Å². The van der Waals surface area contributed by atoms with Crippen molar-refractivity contribution in [3.8, 4) is 0 Å². The van der Waals surface area contributed by atoms with Gasteiger partial charge in [-0.3, -0.25) is 10.2 Å². The van der Waals surface area contributed by atoms with Crippen molar-refractivity contribution in [2.24, 2.45) is 10.8 Å². The fraction of sp³-hybridized carbons (Fsp3) is 0. The Morgan fingerprint density at radius 3 is 2.46 bits per heavy atom. The number of nitrogens with zero attached hydrogens (tertiary/aromatic N) is 1. The van der Waals surface area contributed by atoms with Crippen LogP contribution >= 0.6 is 44.1 Å². The highest BCUT2D eigenvalue weighted by Crippen LogP contribution is 2.20. The van der Waals surface area contributed by atoms with Crippen molar-refractivity contribution < 1.29 is 9.21 Å². The molecule has 0 spiro atoms. The number of nitrogens with two attached hydrogens (primary N) is 1. The quantitative estimate of drug-likeness (QED) is 0.379. The molecule has 132 valence electrons. The van der Waals surface area contributed by atoms with Gasteiger partial charge in [-0.15, -0.1) is 5.10 Å². The maximum Gasteiger partial charge on any atom is 0.261 e. The summed E-state index contributed by atoms with van der Waals surface area (Å²) < 4.78 is 7.52. The van der Waals surface area contributed by atoms with Crippen molar-refractivity contribution in [1.82, 2.24) is 5.43 Å². The molecule has 0 saturated carbocycles. The maximum atomic E-state index is 12.7. The Bertz CT molecular complexity index is 1060. The Morgan fingerprint density at radius 2 is 1.77 bits per heavy atom. The number of halogens is 2. The molecule has 26 heavy (non-hydrogen) atoms. The van der Waals surface area contributed by atoms with Gasteiger partial charge in [-0.25, -0.2) is 0 Å². The second-order valence-corrected chi connectivity index (χ2v) is 7.47. The number of nitrogens with one attached hydrogen (secondary N) is 2. The average Bonchev–Trinajstić information content (AvgIpc) is 2.61. The highest BCUT2D eigenvalue weighted by molar-refractivity contribution is 9.10. The second kappa shape index (κ2) is 7.98. The van der Waals surface area contributed by atoms with Gasteiger partial charge in [-0.05, 0) is 60.7 Å². The molecular formula is C17H12Br2N4O2S. The summed E-state index contributed by atoms with van der Waals surface area (Å²) in [6.45, 7) is 0. The van der Waals surface area contributed by atoms with E-state index < -0.39 is 0 Å². The predicted octanol–water partition coefficient (Wildman–Crippen LogP) is 3.86. The molecule has 0 saturated heterocycles. The molecule has 0 unspecified atom stereocenters. The first-order chi connectivity index (χ1) is 12.4. The summed E-state index contributed by atoms with van der Waals surface area (Å²) in [5, 5.41) is 7.51. The number of fused-ring (bicyclic) bond motifs is 1. The zero-order valence-electron chi connectivity index (χ0n) is 13.1. The van der Waals surface area contributed by atoms with Gasteiger partial charge >= 0.3 is 0 Å². The van der Waals surface area contributed by atoms with Crippen LogP contribution in [0.1, 0.15) is 10.4 Å². The SMILES string of the molecule is NC(=S)N/N=c1\oc2ccc(Br)cc2cc1C(=O)Nc1ccc(Br)cc1. The van der Waals surface area contributed by atoms with Gasteiger partial charge in [0, 0.05) is 20.0 Å². The molecule has 0 aliphatic rings. The normalized spacial score (nSPS) is 11.4. The van der Waals surface area contributed by atoms with E-state index in [1.165, 1.54) is 0 Å². The lowest BCUT2D eigenvalue weighted by atomic mass is 10.1. The van der Waals surface area contributed by atoms with Crippen LogP contribution in [0.5, 0.6) is 0 Å². The molecule has 0 aliphatic heterocycles. The lowest BCUT2D eigenvalue weighted by Gasteiger charge is -2.07. The molecule has 0 aliphatic carbocycles. The zero-order valence-corrected chi connectivity index (χ0v) is 17.1. The van der Waals surface area contributed by atoms with Crippen LogP contribution in [0.3, 0.4) is 0 Å². The third kappa shape index (κ3) is 4.48. The smallest absolute Gasteiger partial charge is 0.261 e. The molecule has 6 nitrogen and oxygen atoms in total. The van der Waals surface area contributed by atoms with Gasteiger partial charge in [0.05, 0.1) is 0 Å². The largest absolute Gasteiger partial charge is 0.436 e. The van der Waals surface area contributed by atoms with Crippen molar-refractivity contribution in [2.75, 3.05) is 5.32 Å². The molecule has 3 aromatic rings. The number of hydrogen-bond donors (Lipinski definition) is 3. The Labute approximate surface area is 170 Å². The van der Waals surface area contributed by atoms with E-state index in [1.54, 1.807) is 24.3 Å². The number of amides is 1. The third-order valence-corrected chi connectivity index (χ3v) is 4.44. The first kappa shape index (κ1) is 18.6. The molecule has 0 atom stereocenters. The molecule has 0 bridgehead atoms. The molecule has 0 radical (unpaired) electrons. The summed E-state index contributed by atoms with van der Waals surface area (Å²) in [5.74, 6) is -0.374. The molecular weight excluding hydrogens is 484 g/mol. The number of benzene rings is 2. The van der Waals surface area contributed by atoms with Gasteiger partial charge in [0.2, 0.25) is 5.55 Å². The summed E-state index contributed by atoms with van der Waals surface area (Å²) in [6, 6.07) is 14.4. The van der Waals surface area contributed by atoms with E-state index in [9.17, 15) is 4.79 Å². The fourth-order valence-electron chi connectivity index (χ4n) is 2.18. The molecule has 1 aromatic heterocycles. The minimum absolute atomic E-state index is 0.0321. The molecule has 2 aromatic carbocycles. The van der Waals surface area contributed by atoms with E-state index in [2.05, 4.69) is 47.7 Å². The van der Waals surface area contributed by atoms with E-state index in [1.807, 2.05) is 24.3 Å². The minimum atomic E-state index is -0.374. The fourth-order valence-corrected chi connectivity index (χ4v) is 2.87. The highest BCUT2D eigenvalue weighted by Gasteiger charge is 2.13. The summed E-state index contributed by atoms with van der Waals surface area (Å²) in [7, 11) is 0. The minimum Gasteiger partial charge on any atom is -0.436 e. The van der Waals surface area contributed by atoms with Gasteiger partial charge in [-0.2, -0.15) is 0 Å². The highest BCUT2D eigenvalue weighted by atomic mass is 79.9. The summed E-state index contributed by atoms with van der Waals surface area (Å²) in [6.07, 6.45) is 0. The lowest BCUT2D eigenvalue weighted by Crippen LogP contribution is -2.29. The van der Waals surface area contributed by atoms with Gasteiger partial charge < -0.3 is 15.5 Å². The van der Waals surface area contributed by atoms with E-state index in [0.29, 0.717) is 11.3 Å². The number of carbonyl (C=O) groups excluding carboxylic acids is 1. The number of anilines is 1. The lowest BCUT2D eigenvalue weighted by molar-refractivity contribution is 0.102. The average molecular weight is 496 g/mol.